The Morgan fingerprint density at radius 3 is 2.56 bits per heavy atom. The molecule has 4 N–H and O–H groups in total. The molecule has 3 rings (SSSR count). The molecule has 2 aromatic carbocycles. The molecule has 1 aromatic heterocycles. The van der Waals surface area contributed by atoms with Crippen LogP contribution in [0.1, 0.15) is 26.8 Å². The third-order valence-electron chi connectivity index (χ3n) is 4.18. The first-order chi connectivity index (χ1) is 13.2. The van der Waals surface area contributed by atoms with Crippen molar-refractivity contribution in [2.24, 2.45) is 0 Å². The van der Waals surface area contributed by atoms with Crippen LogP contribution in [0, 0.1) is 0 Å². The second-order valence-corrected chi connectivity index (χ2v) is 7.03. The normalized spacial score (nSPS) is 11.6. The van der Waals surface area contributed by atoms with Crippen molar-refractivity contribution in [1.29, 1.82) is 0 Å². The minimum absolute atomic E-state index is 0.0779. The van der Waals surface area contributed by atoms with Crippen molar-refractivity contribution in [3.8, 4) is 0 Å². The Labute approximate surface area is 162 Å². The lowest BCUT2D eigenvalue weighted by Crippen LogP contribution is -2.87. The molecule has 0 aliphatic carbocycles. The molecule has 3 aromatic rings. The number of rotatable bonds is 7. The molecule has 0 unspecified atom stereocenters. The summed E-state index contributed by atoms with van der Waals surface area (Å²) in [5, 5.41) is 9.52. The van der Waals surface area contributed by atoms with E-state index in [0.717, 1.165) is 5.56 Å². The van der Waals surface area contributed by atoms with Crippen LogP contribution in [0.5, 0.6) is 0 Å². The van der Waals surface area contributed by atoms with E-state index in [2.05, 4.69) is 28.8 Å². The van der Waals surface area contributed by atoms with Crippen molar-refractivity contribution < 1.29 is 14.9 Å². The zero-order valence-corrected chi connectivity index (χ0v) is 15.8. The maximum absolute atomic E-state index is 12.4. The van der Waals surface area contributed by atoms with Gasteiger partial charge in [-0.25, -0.2) is 0 Å². The van der Waals surface area contributed by atoms with E-state index in [1.54, 1.807) is 42.6 Å². The van der Waals surface area contributed by atoms with Crippen LogP contribution in [0.15, 0.2) is 72.1 Å². The van der Waals surface area contributed by atoms with Crippen LogP contribution < -0.4 is 16.0 Å². The topological polar surface area (TPSA) is 74.8 Å². The predicted octanol–water partition coefficient (Wildman–Crippen LogP) is 2.40. The van der Waals surface area contributed by atoms with Crippen LogP contribution in [0.3, 0.4) is 0 Å². The van der Waals surface area contributed by atoms with Gasteiger partial charge in [-0.2, -0.15) is 0 Å². The van der Waals surface area contributed by atoms with Crippen LogP contribution in [0.2, 0.25) is 0 Å². The predicted molar refractivity (Wildman–Crippen MR) is 108 cm³/mol. The number of hydrogen-bond acceptors (Lipinski definition) is 3. The molecule has 0 fully saturated rings. The van der Waals surface area contributed by atoms with Gasteiger partial charge in [0.05, 0.1) is 4.88 Å². The van der Waals surface area contributed by atoms with Crippen LogP contribution in [0.4, 0.5) is 5.69 Å². The van der Waals surface area contributed by atoms with Crippen LogP contribution >= 0.6 is 11.3 Å². The van der Waals surface area contributed by atoms with Gasteiger partial charge >= 0.3 is 0 Å². The SMILES string of the molecule is CNC(=O)c1cccc(NC(=O)C[NH2+][C@H](c2ccccc2)c2cccs2)c1. The van der Waals surface area contributed by atoms with Gasteiger partial charge in [0.25, 0.3) is 11.8 Å². The monoisotopic (exact) mass is 380 g/mol. The molecule has 0 saturated heterocycles. The molecular formula is C21H22N3O2S+. The average Bonchev–Trinajstić information content (AvgIpc) is 3.23. The number of carbonyl (C=O) groups excluding carboxylic acids is 2. The van der Waals surface area contributed by atoms with Gasteiger partial charge in [0.1, 0.15) is 6.04 Å². The Bertz CT molecular complexity index is 895. The summed E-state index contributed by atoms with van der Waals surface area (Å²) in [6.07, 6.45) is 0. The Morgan fingerprint density at radius 2 is 1.85 bits per heavy atom. The van der Waals surface area contributed by atoms with Crippen LogP contribution in [-0.2, 0) is 4.79 Å². The van der Waals surface area contributed by atoms with E-state index in [-0.39, 0.29) is 24.4 Å². The molecule has 27 heavy (non-hydrogen) atoms. The van der Waals surface area contributed by atoms with E-state index in [1.165, 1.54) is 4.88 Å². The Morgan fingerprint density at radius 1 is 1.04 bits per heavy atom. The van der Waals surface area contributed by atoms with E-state index in [1.807, 2.05) is 35.0 Å². The maximum atomic E-state index is 12.4. The molecule has 5 nitrogen and oxygen atoms in total. The zero-order chi connectivity index (χ0) is 19.1. The third kappa shape index (κ3) is 5.03. The molecule has 1 atom stereocenters. The van der Waals surface area contributed by atoms with Crippen molar-refractivity contribution in [3.05, 3.63) is 88.1 Å². The molecule has 0 spiro atoms. The smallest absolute Gasteiger partial charge is 0.279 e. The standard InChI is InChI=1S/C21H21N3O2S/c1-22-21(26)16-9-5-10-17(13-16)24-19(25)14-23-20(18-11-6-12-27-18)15-7-3-2-4-8-15/h2-13,20,23H,14H2,1H3,(H,22,26)(H,24,25)/p+1/t20-/m1/s1. The number of nitrogens with two attached hydrogens (primary N) is 1. The van der Waals surface area contributed by atoms with E-state index < -0.39 is 0 Å². The summed E-state index contributed by atoms with van der Waals surface area (Å²) in [5.74, 6) is -0.291. The minimum atomic E-state index is -0.181. The Kier molecular flexibility index (Phi) is 6.35. The lowest BCUT2D eigenvalue weighted by Gasteiger charge is -2.15. The summed E-state index contributed by atoms with van der Waals surface area (Å²) in [5.41, 5.74) is 2.29. The number of carbonyl (C=O) groups is 2. The number of amides is 2. The van der Waals surface area contributed by atoms with Gasteiger partial charge in [0, 0.05) is 23.9 Å². The van der Waals surface area contributed by atoms with Gasteiger partial charge < -0.3 is 16.0 Å². The summed E-state index contributed by atoms with van der Waals surface area (Å²) < 4.78 is 0. The molecule has 0 aliphatic rings. The number of hydrogen-bond donors (Lipinski definition) is 3. The molecule has 0 bridgehead atoms. The van der Waals surface area contributed by atoms with Crippen LogP contribution in [-0.4, -0.2) is 25.4 Å². The highest BCUT2D eigenvalue weighted by molar-refractivity contribution is 7.10. The molecule has 2 amide bonds. The van der Waals surface area contributed by atoms with E-state index >= 15 is 0 Å². The van der Waals surface area contributed by atoms with E-state index in [0.29, 0.717) is 11.3 Å². The molecule has 0 saturated carbocycles. The van der Waals surface area contributed by atoms with Gasteiger partial charge in [0.15, 0.2) is 6.54 Å². The fourth-order valence-electron chi connectivity index (χ4n) is 2.86. The van der Waals surface area contributed by atoms with Crippen molar-refractivity contribution in [1.82, 2.24) is 5.32 Å². The quantitative estimate of drug-likeness (QED) is 0.589. The fraction of sp³-hybridized carbons (Fsp3) is 0.143. The molecule has 6 heteroatoms. The zero-order valence-electron chi connectivity index (χ0n) is 15.0. The highest BCUT2D eigenvalue weighted by atomic mass is 32.1. The van der Waals surface area contributed by atoms with E-state index in [4.69, 9.17) is 0 Å². The first-order valence-electron chi connectivity index (χ1n) is 8.71. The minimum Gasteiger partial charge on any atom is -0.355 e. The van der Waals surface area contributed by atoms with Crippen molar-refractivity contribution in [3.63, 3.8) is 0 Å². The van der Waals surface area contributed by atoms with E-state index in [9.17, 15) is 9.59 Å². The summed E-state index contributed by atoms with van der Waals surface area (Å²) >= 11 is 1.68. The Balaban J connectivity index is 1.66. The summed E-state index contributed by atoms with van der Waals surface area (Å²) in [4.78, 5) is 25.4. The largest absolute Gasteiger partial charge is 0.355 e. The van der Waals surface area contributed by atoms with Crippen molar-refractivity contribution in [2.75, 3.05) is 18.9 Å². The maximum Gasteiger partial charge on any atom is 0.279 e. The average molecular weight is 380 g/mol. The molecular weight excluding hydrogens is 358 g/mol. The van der Waals surface area contributed by atoms with Gasteiger partial charge in [0.2, 0.25) is 0 Å². The summed E-state index contributed by atoms with van der Waals surface area (Å²) in [7, 11) is 1.58. The molecule has 0 radical (unpaired) electrons. The molecule has 1 heterocycles. The van der Waals surface area contributed by atoms with Gasteiger partial charge in [-0.05, 0) is 29.6 Å². The van der Waals surface area contributed by atoms with Crippen molar-refractivity contribution >= 4 is 28.8 Å². The lowest BCUT2D eigenvalue weighted by atomic mass is 10.1. The van der Waals surface area contributed by atoms with Crippen LogP contribution in [0.25, 0.3) is 0 Å². The summed E-state index contributed by atoms with van der Waals surface area (Å²) in [6.45, 7) is 0.279. The Hall–Kier alpha value is -2.96. The highest BCUT2D eigenvalue weighted by Crippen LogP contribution is 2.22. The first-order valence-corrected chi connectivity index (χ1v) is 9.59. The second kappa shape index (κ2) is 9.12. The number of thiophene rings is 1. The second-order valence-electron chi connectivity index (χ2n) is 6.05. The molecule has 138 valence electrons. The molecule has 0 aliphatic heterocycles. The summed E-state index contributed by atoms with van der Waals surface area (Å²) in [6, 6.07) is 21.3. The lowest BCUT2D eigenvalue weighted by molar-refractivity contribution is -0.675. The number of benzene rings is 2. The van der Waals surface area contributed by atoms with Gasteiger partial charge in [-0.3, -0.25) is 9.59 Å². The number of quaternary nitrogens is 1. The van der Waals surface area contributed by atoms with Crippen molar-refractivity contribution in [2.45, 2.75) is 6.04 Å². The number of nitrogens with one attached hydrogen (secondary N) is 2. The van der Waals surface area contributed by atoms with Gasteiger partial charge in [-0.15, -0.1) is 11.3 Å². The first kappa shape index (κ1) is 18.8. The number of anilines is 1. The highest BCUT2D eigenvalue weighted by Gasteiger charge is 2.19. The third-order valence-corrected chi connectivity index (χ3v) is 5.14. The van der Waals surface area contributed by atoms with Gasteiger partial charge in [-0.1, -0.05) is 42.5 Å². The fourth-order valence-corrected chi connectivity index (χ4v) is 3.71.